The number of hydrogen-bond donors (Lipinski definition) is 2. The zero-order chi connectivity index (χ0) is 13.6. The smallest absolute Gasteiger partial charge is 0.161 e. The van der Waals surface area contributed by atoms with Gasteiger partial charge in [-0.2, -0.15) is 0 Å². The Morgan fingerprint density at radius 2 is 1.58 bits per heavy atom. The van der Waals surface area contributed by atoms with Crippen LogP contribution in [-0.4, -0.2) is 17.2 Å². The predicted molar refractivity (Wildman–Crippen MR) is 64.0 cm³/mol. The number of nitrogens with one attached hydrogen (secondary N) is 1. The highest BCUT2D eigenvalue weighted by molar-refractivity contribution is 5.28. The molecule has 2 aliphatic heterocycles. The lowest BCUT2D eigenvalue weighted by atomic mass is 9.74. The Bertz CT molecular complexity index is 494. The number of aliphatic hydroxyl groups is 1. The number of hydrogen-bond acceptors (Lipinski definition) is 2. The molecule has 0 amide bonds. The second-order valence-corrected chi connectivity index (χ2v) is 5.68. The molecule has 5 heteroatoms. The third kappa shape index (κ3) is 2.25. The van der Waals surface area contributed by atoms with Crippen molar-refractivity contribution in [2.75, 3.05) is 0 Å². The lowest BCUT2D eigenvalue weighted by Gasteiger charge is -2.45. The van der Waals surface area contributed by atoms with E-state index in [1.807, 2.05) is 0 Å². The van der Waals surface area contributed by atoms with E-state index in [1.54, 1.807) is 0 Å². The van der Waals surface area contributed by atoms with Crippen molar-refractivity contribution < 1.29 is 18.3 Å². The van der Waals surface area contributed by atoms with E-state index in [9.17, 15) is 18.3 Å². The van der Waals surface area contributed by atoms with E-state index in [4.69, 9.17) is 0 Å². The molecule has 0 radical (unpaired) electrons. The number of fused-ring (bicyclic) bond motifs is 2. The van der Waals surface area contributed by atoms with Gasteiger partial charge in [0, 0.05) is 23.7 Å². The fourth-order valence-corrected chi connectivity index (χ4v) is 3.43. The Labute approximate surface area is 109 Å². The van der Waals surface area contributed by atoms with Crippen LogP contribution in [0.2, 0.25) is 0 Å². The van der Waals surface area contributed by atoms with Crippen molar-refractivity contribution in [3.8, 4) is 0 Å². The molecule has 3 rings (SSSR count). The predicted octanol–water partition coefficient (Wildman–Crippen LogP) is 2.60. The third-order valence-corrected chi connectivity index (χ3v) is 4.26. The molecular formula is C14H16F3NO. The Balaban J connectivity index is 1.98. The van der Waals surface area contributed by atoms with Crippen molar-refractivity contribution in [2.45, 2.75) is 49.8 Å². The maximum absolute atomic E-state index is 13.8. The van der Waals surface area contributed by atoms with Crippen LogP contribution < -0.4 is 5.32 Å². The highest BCUT2D eigenvalue weighted by Crippen LogP contribution is 2.40. The topological polar surface area (TPSA) is 32.3 Å². The molecule has 1 aromatic rings. The zero-order valence-corrected chi connectivity index (χ0v) is 10.4. The van der Waals surface area contributed by atoms with Gasteiger partial charge in [0.05, 0.1) is 5.60 Å². The van der Waals surface area contributed by atoms with E-state index in [0.717, 1.165) is 25.3 Å². The van der Waals surface area contributed by atoms with Gasteiger partial charge in [-0.25, -0.2) is 13.2 Å². The molecule has 104 valence electrons. The normalized spacial score (nSPS) is 34.3. The van der Waals surface area contributed by atoms with Crippen molar-refractivity contribution in [2.24, 2.45) is 0 Å². The maximum Gasteiger partial charge on any atom is 0.161 e. The minimum absolute atomic E-state index is 0.116. The molecular weight excluding hydrogens is 255 g/mol. The molecule has 2 N–H and O–H groups in total. The van der Waals surface area contributed by atoms with Gasteiger partial charge < -0.3 is 10.4 Å². The molecule has 2 heterocycles. The minimum atomic E-state index is -1.40. The van der Waals surface area contributed by atoms with Gasteiger partial charge in [-0.05, 0) is 31.7 Å². The average molecular weight is 271 g/mol. The quantitative estimate of drug-likeness (QED) is 0.769. The van der Waals surface area contributed by atoms with E-state index in [0.29, 0.717) is 18.9 Å². The number of benzene rings is 1. The summed E-state index contributed by atoms with van der Waals surface area (Å²) in [6.45, 7) is 0. The van der Waals surface area contributed by atoms with E-state index in [2.05, 4.69) is 5.32 Å². The van der Waals surface area contributed by atoms with E-state index in [-0.39, 0.29) is 17.6 Å². The summed E-state index contributed by atoms with van der Waals surface area (Å²) in [6.07, 6.45) is 3.60. The number of piperidine rings is 2. The monoisotopic (exact) mass is 271 g/mol. The summed E-state index contributed by atoms with van der Waals surface area (Å²) in [6, 6.07) is 1.54. The summed E-state index contributed by atoms with van der Waals surface area (Å²) in [4.78, 5) is 0. The summed E-state index contributed by atoms with van der Waals surface area (Å²) in [7, 11) is 0. The first-order valence-electron chi connectivity index (χ1n) is 6.61. The molecule has 0 aliphatic carbocycles. The Morgan fingerprint density at radius 1 is 1.00 bits per heavy atom. The van der Waals surface area contributed by atoms with Gasteiger partial charge in [-0.15, -0.1) is 0 Å². The second kappa shape index (κ2) is 4.49. The Morgan fingerprint density at radius 3 is 2.21 bits per heavy atom. The minimum Gasteiger partial charge on any atom is -0.385 e. The number of rotatable bonds is 1. The maximum atomic E-state index is 13.8. The summed E-state index contributed by atoms with van der Waals surface area (Å²) in [5, 5.41) is 14.0. The fourth-order valence-electron chi connectivity index (χ4n) is 3.43. The van der Waals surface area contributed by atoms with Crippen LogP contribution in [0.3, 0.4) is 0 Å². The molecule has 2 aliphatic rings. The van der Waals surface area contributed by atoms with Gasteiger partial charge >= 0.3 is 0 Å². The van der Waals surface area contributed by atoms with Gasteiger partial charge in [0.1, 0.15) is 5.82 Å². The van der Waals surface area contributed by atoms with Gasteiger partial charge in [0.25, 0.3) is 0 Å². The Hall–Kier alpha value is -1.07. The Kier molecular flexibility index (Phi) is 3.06. The largest absolute Gasteiger partial charge is 0.385 e. The van der Waals surface area contributed by atoms with Gasteiger partial charge in [-0.3, -0.25) is 0 Å². The van der Waals surface area contributed by atoms with Gasteiger partial charge in [0.15, 0.2) is 11.6 Å². The van der Waals surface area contributed by atoms with E-state index < -0.39 is 23.1 Å². The molecule has 0 aromatic heterocycles. The molecule has 2 unspecified atom stereocenters. The summed E-state index contributed by atoms with van der Waals surface area (Å²) < 4.78 is 40.1. The molecule has 1 aromatic carbocycles. The van der Waals surface area contributed by atoms with Crippen LogP contribution in [0.25, 0.3) is 0 Å². The molecule has 2 fully saturated rings. The van der Waals surface area contributed by atoms with Crippen LogP contribution in [-0.2, 0) is 5.60 Å². The van der Waals surface area contributed by atoms with Crippen LogP contribution in [0.4, 0.5) is 13.2 Å². The molecule has 2 bridgehead atoms. The molecule has 19 heavy (non-hydrogen) atoms. The molecule has 2 nitrogen and oxygen atoms in total. The highest BCUT2D eigenvalue weighted by atomic mass is 19.2. The van der Waals surface area contributed by atoms with Crippen LogP contribution in [0.15, 0.2) is 12.1 Å². The third-order valence-electron chi connectivity index (χ3n) is 4.26. The first kappa shape index (κ1) is 12.9. The summed E-state index contributed by atoms with van der Waals surface area (Å²) >= 11 is 0. The highest BCUT2D eigenvalue weighted by Gasteiger charge is 2.43. The van der Waals surface area contributed by atoms with Gasteiger partial charge in [0.2, 0.25) is 0 Å². The SMILES string of the molecule is OC1(c2cc(F)c(F)cc2F)CC2CCCC(C1)N2. The van der Waals surface area contributed by atoms with Crippen LogP contribution >= 0.6 is 0 Å². The van der Waals surface area contributed by atoms with Crippen LogP contribution in [0.1, 0.15) is 37.7 Å². The molecule has 2 saturated heterocycles. The van der Waals surface area contributed by atoms with Crippen molar-refractivity contribution in [3.63, 3.8) is 0 Å². The lowest BCUT2D eigenvalue weighted by Crippen LogP contribution is -2.54. The van der Waals surface area contributed by atoms with Crippen molar-refractivity contribution >= 4 is 0 Å². The average Bonchev–Trinajstić information content (AvgIpc) is 2.33. The molecule has 2 atom stereocenters. The summed E-state index contributed by atoms with van der Waals surface area (Å²) in [5.41, 5.74) is -1.52. The lowest BCUT2D eigenvalue weighted by molar-refractivity contribution is -0.0386. The zero-order valence-electron chi connectivity index (χ0n) is 10.4. The van der Waals surface area contributed by atoms with Crippen molar-refractivity contribution in [3.05, 3.63) is 35.1 Å². The van der Waals surface area contributed by atoms with Crippen LogP contribution in [0, 0.1) is 17.5 Å². The molecule has 0 saturated carbocycles. The fraction of sp³-hybridized carbons (Fsp3) is 0.571. The number of halogens is 3. The van der Waals surface area contributed by atoms with E-state index in [1.165, 1.54) is 0 Å². The summed E-state index contributed by atoms with van der Waals surface area (Å²) in [5.74, 6) is -3.21. The first-order valence-corrected chi connectivity index (χ1v) is 6.61. The first-order chi connectivity index (χ1) is 8.98. The molecule has 0 spiro atoms. The van der Waals surface area contributed by atoms with E-state index >= 15 is 0 Å². The standard InChI is InChI=1S/C14H16F3NO/c15-11-5-13(17)12(16)4-10(11)14(19)6-8-2-1-3-9(7-14)18-8/h4-5,8-9,18-19H,1-3,6-7H2. The van der Waals surface area contributed by atoms with Crippen molar-refractivity contribution in [1.29, 1.82) is 0 Å². The van der Waals surface area contributed by atoms with Crippen LogP contribution in [0.5, 0.6) is 0 Å². The van der Waals surface area contributed by atoms with Gasteiger partial charge in [-0.1, -0.05) is 6.42 Å². The van der Waals surface area contributed by atoms with Crippen molar-refractivity contribution in [1.82, 2.24) is 5.32 Å². The second-order valence-electron chi connectivity index (χ2n) is 5.68.